The van der Waals surface area contributed by atoms with Gasteiger partial charge in [0.15, 0.2) is 32.0 Å². The van der Waals surface area contributed by atoms with Crippen molar-refractivity contribution in [2.24, 2.45) is 0 Å². The van der Waals surface area contributed by atoms with Gasteiger partial charge in [-0.05, 0) is 43.7 Å². The topological polar surface area (TPSA) is 210 Å². The Morgan fingerprint density at radius 2 is 1.29 bits per heavy atom. The van der Waals surface area contributed by atoms with E-state index >= 15 is 0 Å². The molecule has 1 saturated heterocycles. The second-order valence-electron chi connectivity index (χ2n) is 11.4. The van der Waals surface area contributed by atoms with Gasteiger partial charge in [0, 0.05) is 44.2 Å². The molecule has 17 heteroatoms. The molecule has 17 nitrogen and oxygen atoms in total. The molecule has 1 aliphatic heterocycles. The van der Waals surface area contributed by atoms with E-state index in [-0.39, 0.29) is 38.7 Å². The van der Waals surface area contributed by atoms with Crippen LogP contribution in [-0.4, -0.2) is 134 Å². The number of rotatable bonds is 15. The van der Waals surface area contributed by atoms with Crippen LogP contribution in [0.4, 0.5) is 0 Å². The molecule has 4 rings (SSSR count). The summed E-state index contributed by atoms with van der Waals surface area (Å²) in [5.41, 5.74) is 3.15. The van der Waals surface area contributed by atoms with Gasteiger partial charge in [0.2, 0.25) is 0 Å². The minimum Gasteiger partial charge on any atom is -0.452 e. The molecule has 0 aliphatic carbocycles. The van der Waals surface area contributed by atoms with Crippen LogP contribution in [-0.2, 0) is 57.2 Å². The fourth-order valence-corrected chi connectivity index (χ4v) is 4.85. The number of para-hydroxylation sites is 1. The summed E-state index contributed by atoms with van der Waals surface area (Å²) in [5, 5.41) is 8.33. The number of aromatic amines is 1. The predicted octanol–water partition coefficient (Wildman–Crippen LogP) is 1.16. The molecule has 2 atom stereocenters. The van der Waals surface area contributed by atoms with Gasteiger partial charge in [0.05, 0.1) is 11.2 Å². The zero-order valence-corrected chi connectivity index (χ0v) is 28.7. The van der Waals surface area contributed by atoms with E-state index in [1.807, 2.05) is 48.6 Å². The normalized spacial score (nSPS) is 14.0. The van der Waals surface area contributed by atoms with E-state index in [1.54, 1.807) is 17.0 Å². The van der Waals surface area contributed by atoms with Crippen molar-refractivity contribution in [1.82, 2.24) is 20.0 Å². The molecule has 2 heterocycles. The monoisotopic (exact) mass is 722 g/mol. The van der Waals surface area contributed by atoms with Crippen molar-refractivity contribution in [2.75, 3.05) is 59.7 Å². The zero-order chi connectivity index (χ0) is 37.6. The Labute approximate surface area is 297 Å². The molecule has 0 spiro atoms. The average Bonchev–Trinajstić information content (AvgIpc) is 3.57. The van der Waals surface area contributed by atoms with E-state index in [4.69, 9.17) is 9.47 Å². The summed E-state index contributed by atoms with van der Waals surface area (Å²) in [5.74, 6) is -5.74. The third-order valence-corrected chi connectivity index (χ3v) is 7.57. The van der Waals surface area contributed by atoms with Gasteiger partial charge in [0.25, 0.3) is 11.8 Å². The molecular weight excluding hydrogens is 684 g/mol. The fourth-order valence-electron chi connectivity index (χ4n) is 4.85. The smallest absolute Gasteiger partial charge is 0.347 e. The van der Waals surface area contributed by atoms with Gasteiger partial charge in [-0.1, -0.05) is 36.4 Å². The van der Waals surface area contributed by atoms with Crippen LogP contribution in [0.15, 0.2) is 48.5 Å². The number of nitrogens with zero attached hydrogens (tertiary/aromatic N) is 3. The molecule has 2 unspecified atom stereocenters. The number of piperazine rings is 1. The number of amides is 2. The van der Waals surface area contributed by atoms with Gasteiger partial charge in [-0.15, -0.1) is 0 Å². The largest absolute Gasteiger partial charge is 0.452 e. The highest BCUT2D eigenvalue weighted by Gasteiger charge is 2.31. The lowest BCUT2D eigenvalue weighted by molar-refractivity contribution is -0.177. The van der Waals surface area contributed by atoms with Crippen LogP contribution < -0.4 is 0 Å². The number of methoxy groups -OCH3 is 1. The molecule has 1 fully saturated rings. The Bertz CT molecular complexity index is 1800. The molecule has 2 amide bonds. The quantitative estimate of drug-likeness (QED) is 0.172. The maximum Gasteiger partial charge on any atom is 0.347 e. The zero-order valence-electron chi connectivity index (χ0n) is 28.7. The number of carbonyl (C=O) groups excluding carboxylic acids is 7. The summed E-state index contributed by atoms with van der Waals surface area (Å²) in [6, 6.07) is 15.0. The number of ether oxygens (including phenoxy) is 6. The third-order valence-electron chi connectivity index (χ3n) is 7.57. The van der Waals surface area contributed by atoms with E-state index in [9.17, 15) is 33.6 Å². The van der Waals surface area contributed by atoms with Crippen LogP contribution >= 0.6 is 0 Å². The number of H-pyrrole nitrogens is 1. The SMILES string of the molecule is COCC(=O)OCC(=O)OCC(=O)OCC(=O)OC(C)C(=O)OC(C)C(=O)N1CCN(C(=O)c2ccc(/C=C/c3n[nH]c4ccccc34)cc2)CC1. The highest BCUT2D eigenvalue weighted by atomic mass is 16.6. The summed E-state index contributed by atoms with van der Waals surface area (Å²) in [4.78, 5) is 88.1. The van der Waals surface area contributed by atoms with E-state index in [2.05, 4.69) is 29.1 Å². The molecule has 0 bridgehead atoms. The Morgan fingerprint density at radius 3 is 1.92 bits per heavy atom. The van der Waals surface area contributed by atoms with Gasteiger partial charge >= 0.3 is 29.8 Å². The number of esters is 5. The van der Waals surface area contributed by atoms with E-state index in [0.717, 1.165) is 22.2 Å². The van der Waals surface area contributed by atoms with Crippen molar-refractivity contribution in [1.29, 1.82) is 0 Å². The summed E-state index contributed by atoms with van der Waals surface area (Å²) in [6.45, 7) is 0.656. The van der Waals surface area contributed by atoms with Crippen LogP contribution in [0.3, 0.4) is 0 Å². The van der Waals surface area contributed by atoms with Crippen molar-refractivity contribution in [3.8, 4) is 0 Å². The Balaban J connectivity index is 1.13. The summed E-state index contributed by atoms with van der Waals surface area (Å²) >= 11 is 0. The lowest BCUT2D eigenvalue weighted by Gasteiger charge is -2.35. The van der Waals surface area contributed by atoms with Crippen molar-refractivity contribution < 1.29 is 62.0 Å². The lowest BCUT2D eigenvalue weighted by atomic mass is 10.1. The Hall–Kier alpha value is -6.10. The fraction of sp³-hybridized carbons (Fsp3) is 0.371. The van der Waals surface area contributed by atoms with Gasteiger partial charge in [-0.25, -0.2) is 24.0 Å². The molecule has 3 aromatic rings. The number of nitrogens with one attached hydrogen (secondary N) is 1. The number of hydrogen-bond acceptors (Lipinski definition) is 14. The third kappa shape index (κ3) is 11.2. The number of fused-ring (bicyclic) bond motifs is 1. The molecule has 1 aliphatic rings. The molecule has 0 saturated carbocycles. The van der Waals surface area contributed by atoms with Crippen LogP contribution in [0, 0.1) is 0 Å². The first-order chi connectivity index (χ1) is 24.9. The minimum absolute atomic E-state index is 0.177. The summed E-state index contributed by atoms with van der Waals surface area (Å²) in [6.07, 6.45) is 1.16. The molecular formula is C35H38N4O13. The van der Waals surface area contributed by atoms with Crippen molar-refractivity contribution in [2.45, 2.75) is 26.1 Å². The average molecular weight is 723 g/mol. The van der Waals surface area contributed by atoms with Crippen molar-refractivity contribution in [3.63, 3.8) is 0 Å². The molecule has 52 heavy (non-hydrogen) atoms. The lowest BCUT2D eigenvalue weighted by Crippen LogP contribution is -2.53. The first-order valence-corrected chi connectivity index (χ1v) is 16.1. The van der Waals surface area contributed by atoms with Gasteiger partial charge < -0.3 is 38.2 Å². The number of hydrogen-bond donors (Lipinski definition) is 1. The minimum atomic E-state index is -1.44. The van der Waals surface area contributed by atoms with Gasteiger partial charge in [-0.3, -0.25) is 14.7 Å². The van der Waals surface area contributed by atoms with E-state index in [1.165, 1.54) is 25.9 Å². The molecule has 276 valence electrons. The number of benzene rings is 2. The van der Waals surface area contributed by atoms with Crippen LogP contribution in [0.1, 0.15) is 35.5 Å². The highest BCUT2D eigenvalue weighted by molar-refractivity contribution is 5.95. The number of aromatic nitrogens is 2. The maximum absolute atomic E-state index is 13.1. The van der Waals surface area contributed by atoms with Gasteiger partial charge in [0.1, 0.15) is 6.61 Å². The Kier molecular flexibility index (Phi) is 14.0. The standard InChI is InChI=1S/C35H38N4O13/c1-22(52-35(46)23(2)51-32(43)21-50-31(42)20-49-30(41)19-48-29(40)18-47-3)33(44)38-14-16-39(17-15-38)34(45)25-11-8-24(9-12-25)10-13-28-26-6-4-5-7-27(26)36-37-28/h4-13,22-23H,14-21H2,1-3H3,(H,36,37)/b13-10+. The molecule has 1 N–H and O–H groups in total. The molecule has 2 aromatic carbocycles. The van der Waals surface area contributed by atoms with Crippen LogP contribution in [0.2, 0.25) is 0 Å². The summed E-state index contributed by atoms with van der Waals surface area (Å²) in [7, 11) is 1.26. The molecule has 0 radical (unpaired) electrons. The first kappa shape index (κ1) is 38.7. The number of carbonyl (C=O) groups is 7. The van der Waals surface area contributed by atoms with E-state index in [0.29, 0.717) is 5.56 Å². The van der Waals surface area contributed by atoms with Crippen molar-refractivity contribution in [3.05, 3.63) is 65.4 Å². The van der Waals surface area contributed by atoms with Gasteiger partial charge in [-0.2, -0.15) is 5.10 Å². The highest BCUT2D eigenvalue weighted by Crippen LogP contribution is 2.18. The first-order valence-electron chi connectivity index (χ1n) is 16.1. The second kappa shape index (κ2) is 18.8. The maximum atomic E-state index is 13.1. The Morgan fingerprint density at radius 1 is 0.712 bits per heavy atom. The summed E-state index contributed by atoms with van der Waals surface area (Å²) < 4.78 is 28.3. The van der Waals surface area contributed by atoms with Crippen molar-refractivity contribution >= 4 is 64.7 Å². The predicted molar refractivity (Wildman–Crippen MR) is 180 cm³/mol. The molecule has 1 aromatic heterocycles. The van der Waals surface area contributed by atoms with Crippen LogP contribution in [0.25, 0.3) is 23.1 Å². The second-order valence-corrected chi connectivity index (χ2v) is 11.4. The van der Waals surface area contributed by atoms with E-state index < -0.39 is 67.8 Å². The van der Waals surface area contributed by atoms with Crippen LogP contribution in [0.5, 0.6) is 0 Å².